The number of unbranched alkanes of at least 4 members (excludes halogenated alkanes) is 1. The standard InChI is InChI=1S/C13H16F2N2O/c1-3-4-5-8-17(2)13(18)11-9(14)6-7-10(16)12(11)15/h3,6-7H,1,4-5,8,16H2,2H3. The monoisotopic (exact) mass is 254 g/mol. The zero-order chi connectivity index (χ0) is 13.7. The molecule has 3 nitrogen and oxygen atoms in total. The van der Waals surface area contributed by atoms with Gasteiger partial charge < -0.3 is 10.6 Å². The number of carbonyl (C=O) groups excluding carboxylic acids is 1. The molecule has 0 aliphatic carbocycles. The van der Waals surface area contributed by atoms with Crippen LogP contribution in [0.1, 0.15) is 23.2 Å². The summed E-state index contributed by atoms with van der Waals surface area (Å²) in [7, 11) is 1.49. The minimum atomic E-state index is -1.00. The Labute approximate surface area is 105 Å². The molecule has 0 saturated heterocycles. The zero-order valence-corrected chi connectivity index (χ0v) is 10.2. The maximum atomic E-state index is 13.6. The highest BCUT2D eigenvalue weighted by molar-refractivity contribution is 5.95. The van der Waals surface area contributed by atoms with E-state index in [0.717, 1.165) is 18.6 Å². The maximum absolute atomic E-state index is 13.6. The fraction of sp³-hybridized carbons (Fsp3) is 0.308. The summed E-state index contributed by atoms with van der Waals surface area (Å²) < 4.78 is 27.1. The topological polar surface area (TPSA) is 46.3 Å². The van der Waals surface area contributed by atoms with Gasteiger partial charge in [-0.3, -0.25) is 4.79 Å². The van der Waals surface area contributed by atoms with Gasteiger partial charge in [0.25, 0.3) is 5.91 Å². The summed E-state index contributed by atoms with van der Waals surface area (Å²) in [5.41, 5.74) is 4.49. The maximum Gasteiger partial charge on any atom is 0.259 e. The molecule has 98 valence electrons. The number of nitrogens with two attached hydrogens (primary N) is 1. The normalized spacial score (nSPS) is 10.2. The third-order valence-electron chi connectivity index (χ3n) is 2.58. The Morgan fingerprint density at radius 2 is 2.17 bits per heavy atom. The molecule has 1 rings (SSSR count). The van der Waals surface area contributed by atoms with E-state index in [1.165, 1.54) is 11.9 Å². The highest BCUT2D eigenvalue weighted by Crippen LogP contribution is 2.20. The summed E-state index contributed by atoms with van der Waals surface area (Å²) >= 11 is 0. The molecule has 1 aromatic carbocycles. The number of rotatable bonds is 5. The molecule has 0 unspecified atom stereocenters. The zero-order valence-electron chi connectivity index (χ0n) is 10.2. The summed E-state index contributed by atoms with van der Waals surface area (Å²) in [6.45, 7) is 3.96. The van der Waals surface area contributed by atoms with E-state index >= 15 is 0 Å². The van der Waals surface area contributed by atoms with E-state index < -0.39 is 23.1 Å². The lowest BCUT2D eigenvalue weighted by atomic mass is 10.1. The van der Waals surface area contributed by atoms with Crippen molar-refractivity contribution in [2.45, 2.75) is 12.8 Å². The van der Waals surface area contributed by atoms with Crippen LogP contribution in [0.3, 0.4) is 0 Å². The molecule has 0 aromatic heterocycles. The predicted octanol–water partition coefficient (Wildman–Crippen LogP) is 2.59. The van der Waals surface area contributed by atoms with Gasteiger partial charge in [0, 0.05) is 13.6 Å². The highest BCUT2D eigenvalue weighted by Gasteiger charge is 2.22. The molecular formula is C13H16F2N2O. The fourth-order valence-corrected chi connectivity index (χ4v) is 1.53. The van der Waals surface area contributed by atoms with Gasteiger partial charge in [0.05, 0.1) is 5.69 Å². The van der Waals surface area contributed by atoms with E-state index in [0.29, 0.717) is 13.0 Å². The van der Waals surface area contributed by atoms with Crippen LogP contribution < -0.4 is 5.73 Å². The molecule has 2 N–H and O–H groups in total. The van der Waals surface area contributed by atoms with Crippen LogP contribution >= 0.6 is 0 Å². The fourth-order valence-electron chi connectivity index (χ4n) is 1.53. The van der Waals surface area contributed by atoms with Gasteiger partial charge in [-0.15, -0.1) is 6.58 Å². The molecular weight excluding hydrogens is 238 g/mol. The summed E-state index contributed by atoms with van der Waals surface area (Å²) in [5, 5.41) is 0. The summed E-state index contributed by atoms with van der Waals surface area (Å²) in [5.74, 6) is -2.61. The Bertz CT molecular complexity index is 461. The molecule has 1 amide bonds. The molecule has 0 spiro atoms. The average Bonchev–Trinajstić information content (AvgIpc) is 2.34. The third kappa shape index (κ3) is 3.06. The number of carbonyl (C=O) groups is 1. The smallest absolute Gasteiger partial charge is 0.259 e. The first-order valence-corrected chi connectivity index (χ1v) is 5.58. The lowest BCUT2D eigenvalue weighted by Gasteiger charge is -2.17. The predicted molar refractivity (Wildman–Crippen MR) is 67.2 cm³/mol. The van der Waals surface area contributed by atoms with E-state index in [2.05, 4.69) is 6.58 Å². The van der Waals surface area contributed by atoms with Crippen LogP contribution in [0, 0.1) is 11.6 Å². The summed E-state index contributed by atoms with van der Waals surface area (Å²) in [6.07, 6.45) is 3.15. The van der Waals surface area contributed by atoms with Crippen LogP contribution in [-0.4, -0.2) is 24.4 Å². The molecule has 0 fully saturated rings. The van der Waals surface area contributed by atoms with Crippen molar-refractivity contribution in [3.8, 4) is 0 Å². The first kappa shape index (κ1) is 14.2. The number of hydrogen-bond acceptors (Lipinski definition) is 2. The average molecular weight is 254 g/mol. The minimum absolute atomic E-state index is 0.237. The first-order chi connectivity index (χ1) is 8.49. The molecule has 0 saturated carbocycles. The number of anilines is 1. The number of nitrogen functional groups attached to an aromatic ring is 1. The molecule has 18 heavy (non-hydrogen) atoms. The van der Waals surface area contributed by atoms with Crippen molar-refractivity contribution in [2.75, 3.05) is 19.3 Å². The summed E-state index contributed by atoms with van der Waals surface area (Å²) in [6, 6.07) is 2.09. The van der Waals surface area contributed by atoms with Crippen LogP contribution in [0.2, 0.25) is 0 Å². The van der Waals surface area contributed by atoms with Gasteiger partial charge in [-0.1, -0.05) is 6.08 Å². The van der Waals surface area contributed by atoms with Crippen molar-refractivity contribution in [2.24, 2.45) is 0 Å². The van der Waals surface area contributed by atoms with Gasteiger partial charge in [-0.25, -0.2) is 8.78 Å². The van der Waals surface area contributed by atoms with Gasteiger partial charge in [0.1, 0.15) is 11.4 Å². The molecule has 0 aliphatic heterocycles. The summed E-state index contributed by atoms with van der Waals surface area (Å²) in [4.78, 5) is 13.2. The molecule has 0 atom stereocenters. The van der Waals surface area contributed by atoms with Crippen LogP contribution in [0.5, 0.6) is 0 Å². The van der Waals surface area contributed by atoms with E-state index in [1.807, 2.05) is 0 Å². The molecule has 0 bridgehead atoms. The van der Waals surface area contributed by atoms with Crippen LogP contribution in [0.4, 0.5) is 14.5 Å². The first-order valence-electron chi connectivity index (χ1n) is 5.58. The van der Waals surface area contributed by atoms with Gasteiger partial charge in [0.2, 0.25) is 0 Å². The number of hydrogen-bond donors (Lipinski definition) is 1. The van der Waals surface area contributed by atoms with Crippen LogP contribution in [0.25, 0.3) is 0 Å². The number of halogens is 2. The van der Waals surface area contributed by atoms with E-state index in [9.17, 15) is 13.6 Å². The minimum Gasteiger partial charge on any atom is -0.396 e. The second-order valence-electron chi connectivity index (χ2n) is 3.98. The number of nitrogens with zero attached hydrogens (tertiary/aromatic N) is 1. The van der Waals surface area contributed by atoms with Crippen molar-refractivity contribution >= 4 is 11.6 Å². The van der Waals surface area contributed by atoms with E-state index in [1.54, 1.807) is 6.08 Å². The third-order valence-corrected chi connectivity index (χ3v) is 2.58. The Morgan fingerprint density at radius 1 is 1.50 bits per heavy atom. The second-order valence-corrected chi connectivity index (χ2v) is 3.98. The lowest BCUT2D eigenvalue weighted by molar-refractivity contribution is 0.0784. The molecule has 5 heteroatoms. The largest absolute Gasteiger partial charge is 0.396 e. The van der Waals surface area contributed by atoms with E-state index in [4.69, 9.17) is 5.73 Å². The molecule has 0 radical (unpaired) electrons. The highest BCUT2D eigenvalue weighted by atomic mass is 19.1. The number of amides is 1. The Hall–Kier alpha value is -1.91. The SMILES string of the molecule is C=CCCCN(C)C(=O)c1c(F)ccc(N)c1F. The van der Waals surface area contributed by atoms with Crippen molar-refractivity contribution in [1.82, 2.24) is 4.90 Å². The Morgan fingerprint density at radius 3 is 2.78 bits per heavy atom. The quantitative estimate of drug-likeness (QED) is 0.498. The number of benzene rings is 1. The Balaban J connectivity index is 2.90. The van der Waals surface area contributed by atoms with Gasteiger partial charge in [-0.2, -0.15) is 0 Å². The van der Waals surface area contributed by atoms with Gasteiger partial charge >= 0.3 is 0 Å². The van der Waals surface area contributed by atoms with Crippen molar-refractivity contribution in [3.05, 3.63) is 42.0 Å². The molecule has 0 aliphatic rings. The lowest BCUT2D eigenvalue weighted by Crippen LogP contribution is -2.29. The van der Waals surface area contributed by atoms with Gasteiger partial charge in [-0.05, 0) is 25.0 Å². The van der Waals surface area contributed by atoms with Crippen LogP contribution in [-0.2, 0) is 0 Å². The van der Waals surface area contributed by atoms with Crippen molar-refractivity contribution < 1.29 is 13.6 Å². The van der Waals surface area contributed by atoms with Crippen LogP contribution in [0.15, 0.2) is 24.8 Å². The van der Waals surface area contributed by atoms with Crippen molar-refractivity contribution in [1.29, 1.82) is 0 Å². The number of allylic oxidation sites excluding steroid dienone is 1. The second kappa shape index (κ2) is 6.14. The van der Waals surface area contributed by atoms with E-state index in [-0.39, 0.29) is 5.69 Å². The molecule has 0 heterocycles. The van der Waals surface area contributed by atoms with Gasteiger partial charge in [0.15, 0.2) is 5.82 Å². The Kier molecular flexibility index (Phi) is 4.83. The molecule has 1 aromatic rings. The van der Waals surface area contributed by atoms with Crippen molar-refractivity contribution in [3.63, 3.8) is 0 Å².